The highest BCUT2D eigenvalue weighted by Crippen LogP contribution is 2.18. The lowest BCUT2D eigenvalue weighted by Gasteiger charge is -2.05. The summed E-state index contributed by atoms with van der Waals surface area (Å²) >= 11 is 0. The van der Waals surface area contributed by atoms with Crippen molar-refractivity contribution in [3.05, 3.63) is 59.9 Å². The van der Waals surface area contributed by atoms with Gasteiger partial charge in [0.1, 0.15) is 0 Å². The molecule has 140 valence electrons. The molecule has 0 radical (unpaired) electrons. The van der Waals surface area contributed by atoms with Crippen molar-refractivity contribution >= 4 is 28.6 Å². The molecule has 0 saturated heterocycles. The van der Waals surface area contributed by atoms with Gasteiger partial charge in [0.2, 0.25) is 0 Å². The number of aryl methyl sites for hydroxylation is 1. The van der Waals surface area contributed by atoms with Gasteiger partial charge in [-0.05, 0) is 38.1 Å². The molecule has 1 N–H and O–H groups in total. The topological polar surface area (TPSA) is 64.2 Å². The molecule has 0 atom stereocenters. The van der Waals surface area contributed by atoms with Crippen LogP contribution in [0.4, 0.5) is 5.69 Å². The molecule has 1 heterocycles. The van der Waals surface area contributed by atoms with E-state index in [9.17, 15) is 9.59 Å². The second-order valence-corrected chi connectivity index (χ2v) is 6.22. The number of anilines is 1. The number of rotatable bonds is 6. The highest BCUT2D eigenvalue weighted by molar-refractivity contribution is 5.94. The van der Waals surface area contributed by atoms with Gasteiger partial charge in [-0.15, -0.1) is 0 Å². The van der Waals surface area contributed by atoms with Gasteiger partial charge in [0.15, 0.2) is 17.6 Å². The number of fused-ring (bicyclic) bond motifs is 1. The molecule has 3 rings (SSSR count). The molecule has 0 bridgehead atoms. The molecule has 6 heteroatoms. The van der Waals surface area contributed by atoms with Crippen molar-refractivity contribution in [3.8, 4) is 0 Å². The standard InChI is InChI=1S/C21H23N3O3/c1-4-23-15(3)24(14-20(25)22-17-9-7-6-8-10-17)19-13-16(11-12-18(19)23)21(26)27-5-2/h6-13H,4-5,14H2,1-3H3/p+1. The Bertz CT molecular complexity index is 977. The average molecular weight is 366 g/mol. The number of hydrogen-bond acceptors (Lipinski definition) is 3. The number of esters is 1. The molecule has 0 aliphatic heterocycles. The number of carbonyl (C=O) groups excluding carboxylic acids is 2. The molecular formula is C21H24N3O3+. The van der Waals surface area contributed by atoms with E-state index >= 15 is 0 Å². The summed E-state index contributed by atoms with van der Waals surface area (Å²) in [5, 5.41) is 2.91. The first-order chi connectivity index (χ1) is 13.0. The van der Waals surface area contributed by atoms with Crippen LogP contribution in [-0.4, -0.2) is 23.1 Å². The second-order valence-electron chi connectivity index (χ2n) is 6.22. The fourth-order valence-corrected chi connectivity index (χ4v) is 3.27. The number of carbonyl (C=O) groups is 2. The lowest BCUT2D eigenvalue weighted by Crippen LogP contribution is -2.35. The van der Waals surface area contributed by atoms with Crippen LogP contribution >= 0.6 is 0 Å². The summed E-state index contributed by atoms with van der Waals surface area (Å²) < 4.78 is 9.16. The zero-order valence-electron chi connectivity index (χ0n) is 15.9. The van der Waals surface area contributed by atoms with E-state index in [1.165, 1.54) is 0 Å². The van der Waals surface area contributed by atoms with E-state index in [-0.39, 0.29) is 18.4 Å². The summed E-state index contributed by atoms with van der Waals surface area (Å²) in [6.07, 6.45) is 0. The molecule has 6 nitrogen and oxygen atoms in total. The number of nitrogens with zero attached hydrogens (tertiary/aromatic N) is 2. The normalized spacial score (nSPS) is 10.8. The van der Waals surface area contributed by atoms with Gasteiger partial charge in [-0.1, -0.05) is 18.2 Å². The minimum absolute atomic E-state index is 0.119. The van der Waals surface area contributed by atoms with Crippen LogP contribution in [0.2, 0.25) is 0 Å². The first-order valence-electron chi connectivity index (χ1n) is 9.09. The van der Waals surface area contributed by atoms with E-state index in [1.807, 2.05) is 47.9 Å². The summed E-state index contributed by atoms with van der Waals surface area (Å²) in [4.78, 5) is 24.7. The Morgan fingerprint density at radius 3 is 2.52 bits per heavy atom. The predicted octanol–water partition coefficient (Wildman–Crippen LogP) is 3.07. The molecule has 27 heavy (non-hydrogen) atoms. The van der Waals surface area contributed by atoms with E-state index in [2.05, 4.69) is 16.8 Å². The Hall–Kier alpha value is -3.15. The monoisotopic (exact) mass is 366 g/mol. The average Bonchev–Trinajstić information content (AvgIpc) is 2.93. The van der Waals surface area contributed by atoms with Crippen LogP contribution < -0.4 is 9.88 Å². The van der Waals surface area contributed by atoms with Crippen molar-refractivity contribution in [1.82, 2.24) is 4.57 Å². The number of nitrogens with one attached hydrogen (secondary N) is 1. The van der Waals surface area contributed by atoms with Crippen molar-refractivity contribution in [1.29, 1.82) is 0 Å². The van der Waals surface area contributed by atoms with Gasteiger partial charge in [-0.3, -0.25) is 4.79 Å². The molecule has 0 unspecified atom stereocenters. The molecule has 1 amide bonds. The summed E-state index contributed by atoms with van der Waals surface area (Å²) in [5.74, 6) is 0.476. The molecule has 2 aromatic carbocycles. The maximum atomic E-state index is 12.6. The highest BCUT2D eigenvalue weighted by atomic mass is 16.5. The molecular weight excluding hydrogens is 342 g/mol. The van der Waals surface area contributed by atoms with Gasteiger partial charge in [-0.25, -0.2) is 13.9 Å². The first kappa shape index (κ1) is 18.6. The Kier molecular flexibility index (Phi) is 5.54. The summed E-state index contributed by atoms with van der Waals surface area (Å²) in [6.45, 7) is 7.07. The number of para-hydroxylation sites is 1. The maximum absolute atomic E-state index is 12.6. The van der Waals surface area contributed by atoms with Gasteiger partial charge in [0, 0.05) is 18.7 Å². The quantitative estimate of drug-likeness (QED) is 0.539. The smallest absolute Gasteiger partial charge is 0.338 e. The van der Waals surface area contributed by atoms with Crippen LogP contribution in [-0.2, 0) is 22.6 Å². The zero-order chi connectivity index (χ0) is 19.4. The number of ether oxygens (including phenoxy) is 1. The molecule has 0 fully saturated rings. The summed E-state index contributed by atoms with van der Waals surface area (Å²) in [5.41, 5.74) is 3.06. The number of aromatic nitrogens is 2. The lowest BCUT2D eigenvalue weighted by molar-refractivity contribution is -0.674. The third-order valence-corrected chi connectivity index (χ3v) is 4.52. The zero-order valence-corrected chi connectivity index (χ0v) is 15.9. The van der Waals surface area contributed by atoms with Crippen molar-refractivity contribution in [2.24, 2.45) is 0 Å². The van der Waals surface area contributed by atoms with Gasteiger partial charge in [-0.2, -0.15) is 0 Å². The van der Waals surface area contributed by atoms with E-state index in [1.54, 1.807) is 19.1 Å². The number of benzene rings is 2. The van der Waals surface area contributed by atoms with Crippen molar-refractivity contribution in [2.45, 2.75) is 33.9 Å². The Morgan fingerprint density at radius 2 is 1.85 bits per heavy atom. The van der Waals surface area contributed by atoms with Crippen LogP contribution in [0.15, 0.2) is 48.5 Å². The Balaban J connectivity index is 1.97. The van der Waals surface area contributed by atoms with Crippen molar-refractivity contribution in [2.75, 3.05) is 11.9 Å². The van der Waals surface area contributed by atoms with Crippen LogP contribution in [0.1, 0.15) is 30.0 Å². The predicted molar refractivity (Wildman–Crippen MR) is 104 cm³/mol. The first-order valence-corrected chi connectivity index (χ1v) is 9.09. The van der Waals surface area contributed by atoms with Crippen LogP contribution in [0.25, 0.3) is 11.0 Å². The highest BCUT2D eigenvalue weighted by Gasteiger charge is 2.24. The number of amides is 1. The molecule has 0 saturated carbocycles. The van der Waals surface area contributed by atoms with Gasteiger partial charge in [0.25, 0.3) is 11.7 Å². The SMILES string of the molecule is CCOC(=O)c1ccc2c(c1)n(CC(=O)Nc1ccccc1)c(C)[n+]2CC. The lowest BCUT2D eigenvalue weighted by atomic mass is 10.2. The second kappa shape index (κ2) is 8.03. The molecule has 0 aliphatic rings. The third kappa shape index (κ3) is 3.84. The van der Waals surface area contributed by atoms with Gasteiger partial charge < -0.3 is 10.1 Å². The largest absolute Gasteiger partial charge is 0.462 e. The Morgan fingerprint density at radius 1 is 1.11 bits per heavy atom. The Labute approximate surface area is 158 Å². The fraction of sp³-hybridized carbons (Fsp3) is 0.286. The van der Waals surface area contributed by atoms with Crippen molar-refractivity contribution in [3.63, 3.8) is 0 Å². The van der Waals surface area contributed by atoms with Gasteiger partial charge >= 0.3 is 5.97 Å². The summed E-state index contributed by atoms with van der Waals surface area (Å²) in [7, 11) is 0. The number of hydrogen-bond donors (Lipinski definition) is 1. The van der Waals surface area contributed by atoms with Crippen LogP contribution in [0.3, 0.4) is 0 Å². The summed E-state index contributed by atoms with van der Waals surface area (Å²) in [6, 6.07) is 14.8. The van der Waals surface area contributed by atoms with Crippen LogP contribution in [0, 0.1) is 6.92 Å². The minimum Gasteiger partial charge on any atom is -0.462 e. The van der Waals surface area contributed by atoms with Crippen LogP contribution in [0.5, 0.6) is 0 Å². The molecule has 0 spiro atoms. The van der Waals surface area contributed by atoms with E-state index in [0.29, 0.717) is 12.2 Å². The minimum atomic E-state index is -0.360. The molecule has 3 aromatic rings. The molecule has 0 aliphatic carbocycles. The fourth-order valence-electron chi connectivity index (χ4n) is 3.27. The van der Waals surface area contributed by atoms with E-state index in [4.69, 9.17) is 4.74 Å². The van der Waals surface area contributed by atoms with Crippen molar-refractivity contribution < 1.29 is 18.9 Å². The third-order valence-electron chi connectivity index (χ3n) is 4.52. The number of imidazole rings is 1. The maximum Gasteiger partial charge on any atom is 0.338 e. The van der Waals surface area contributed by atoms with Gasteiger partial charge in [0.05, 0.1) is 18.7 Å². The van der Waals surface area contributed by atoms with E-state index in [0.717, 1.165) is 29.1 Å². The van der Waals surface area contributed by atoms with E-state index < -0.39 is 0 Å². The molecule has 1 aromatic heterocycles.